The minimum Gasteiger partial charge on any atom is -0.375 e. The van der Waals surface area contributed by atoms with E-state index >= 15 is 0 Å². The van der Waals surface area contributed by atoms with Crippen molar-refractivity contribution < 1.29 is 9.31 Å². The van der Waals surface area contributed by atoms with Gasteiger partial charge in [-0.25, -0.2) is 4.39 Å². The lowest BCUT2D eigenvalue weighted by Crippen LogP contribution is -2.09. The molecule has 0 saturated heterocycles. The molecule has 0 aromatic heterocycles. The smallest absolute Gasteiger partial charge is 0.292 e. The molecule has 1 rings (SSSR count). The van der Waals surface area contributed by atoms with Crippen molar-refractivity contribution >= 4 is 11.4 Å². The van der Waals surface area contributed by atoms with Crippen molar-refractivity contribution in [3.05, 3.63) is 70.1 Å². The number of hydrogen-bond donors (Lipinski definition) is 1. The lowest BCUT2D eigenvalue weighted by Gasteiger charge is -2.12. The number of nitrogens with zero attached hydrogens (tertiary/aromatic N) is 1. The van der Waals surface area contributed by atoms with Crippen LogP contribution in [0.5, 0.6) is 0 Å². The van der Waals surface area contributed by atoms with Gasteiger partial charge in [0.2, 0.25) is 0 Å². The molecule has 0 spiro atoms. The summed E-state index contributed by atoms with van der Waals surface area (Å²) < 4.78 is 13.2. The van der Waals surface area contributed by atoms with Gasteiger partial charge >= 0.3 is 0 Å². The average molecular weight is 276 g/mol. The summed E-state index contributed by atoms with van der Waals surface area (Å²) in [6, 6.07) is 3.31. The molecule has 1 aromatic rings. The highest BCUT2D eigenvalue weighted by molar-refractivity contribution is 5.62. The number of allylic oxidation sites excluding steroid dienone is 2. The Hall–Kier alpha value is -2.43. The van der Waals surface area contributed by atoms with Crippen molar-refractivity contribution in [2.45, 2.75) is 13.8 Å². The Morgan fingerprint density at radius 1 is 1.50 bits per heavy atom. The van der Waals surface area contributed by atoms with E-state index < -0.39 is 10.7 Å². The van der Waals surface area contributed by atoms with Gasteiger partial charge in [-0.2, -0.15) is 0 Å². The molecule has 1 aromatic carbocycles. The molecule has 0 aliphatic rings. The van der Waals surface area contributed by atoms with Crippen LogP contribution in [0.15, 0.2) is 54.2 Å². The fourth-order valence-corrected chi connectivity index (χ4v) is 1.74. The molecule has 0 aliphatic heterocycles. The van der Waals surface area contributed by atoms with E-state index in [4.69, 9.17) is 0 Å². The molecular formula is C15H17FN2O2. The van der Waals surface area contributed by atoms with Crippen molar-refractivity contribution in [2.75, 3.05) is 11.9 Å². The molecule has 0 bridgehead atoms. The zero-order valence-corrected chi connectivity index (χ0v) is 11.6. The second-order valence-electron chi connectivity index (χ2n) is 4.42. The van der Waals surface area contributed by atoms with Gasteiger partial charge in [0.25, 0.3) is 5.69 Å². The van der Waals surface area contributed by atoms with Gasteiger partial charge in [-0.05, 0) is 31.1 Å². The van der Waals surface area contributed by atoms with Gasteiger partial charge in [0.15, 0.2) is 0 Å². The molecule has 106 valence electrons. The Labute approximate surface area is 117 Å². The lowest BCUT2D eigenvalue weighted by molar-refractivity contribution is -0.384. The molecular weight excluding hydrogens is 259 g/mol. The molecule has 0 radical (unpaired) electrons. The third-order valence-electron chi connectivity index (χ3n) is 2.91. The minimum atomic E-state index is -0.549. The fraction of sp³-hybridized carbons (Fsp3) is 0.200. The minimum absolute atomic E-state index is 0.144. The molecule has 4 nitrogen and oxygen atoms in total. The predicted molar refractivity (Wildman–Crippen MR) is 79.3 cm³/mol. The second-order valence-corrected chi connectivity index (χ2v) is 4.42. The van der Waals surface area contributed by atoms with Gasteiger partial charge < -0.3 is 5.32 Å². The summed E-state index contributed by atoms with van der Waals surface area (Å²) in [5, 5.41) is 13.8. The van der Waals surface area contributed by atoms with Crippen molar-refractivity contribution in [2.24, 2.45) is 0 Å². The number of benzene rings is 1. The summed E-state index contributed by atoms with van der Waals surface area (Å²) in [6.07, 6.45) is 1.69. The van der Waals surface area contributed by atoms with Crippen LogP contribution in [-0.2, 0) is 0 Å². The van der Waals surface area contributed by atoms with Crippen LogP contribution in [0.1, 0.15) is 13.8 Å². The van der Waals surface area contributed by atoms with Crippen molar-refractivity contribution in [3.63, 3.8) is 0 Å². The SMILES string of the molecule is C=C/C(C)=C(/CNc1cc(F)ccc1[N+](=O)[O-])C(=C)C. The molecule has 0 unspecified atom stereocenters. The van der Waals surface area contributed by atoms with Crippen LogP contribution >= 0.6 is 0 Å². The van der Waals surface area contributed by atoms with Crippen molar-refractivity contribution in [3.8, 4) is 0 Å². The van der Waals surface area contributed by atoms with Gasteiger partial charge in [-0.1, -0.05) is 24.8 Å². The van der Waals surface area contributed by atoms with Crippen molar-refractivity contribution in [1.29, 1.82) is 0 Å². The van der Waals surface area contributed by atoms with Gasteiger partial charge in [-0.3, -0.25) is 10.1 Å². The lowest BCUT2D eigenvalue weighted by atomic mass is 10.0. The highest BCUT2D eigenvalue weighted by Crippen LogP contribution is 2.26. The van der Waals surface area contributed by atoms with E-state index in [0.717, 1.165) is 34.9 Å². The van der Waals surface area contributed by atoms with E-state index in [9.17, 15) is 14.5 Å². The third-order valence-corrected chi connectivity index (χ3v) is 2.91. The molecule has 0 atom stereocenters. The van der Waals surface area contributed by atoms with Crippen LogP contribution in [0.25, 0.3) is 0 Å². The van der Waals surface area contributed by atoms with Crippen molar-refractivity contribution in [1.82, 2.24) is 0 Å². The Morgan fingerprint density at radius 2 is 2.15 bits per heavy atom. The summed E-state index contributed by atoms with van der Waals surface area (Å²) in [7, 11) is 0. The van der Waals surface area contributed by atoms with Gasteiger partial charge in [0, 0.05) is 18.7 Å². The first-order chi connectivity index (χ1) is 9.36. The van der Waals surface area contributed by atoms with Crippen LogP contribution in [0.2, 0.25) is 0 Å². The summed E-state index contributed by atoms with van der Waals surface area (Å²) in [5.74, 6) is -0.528. The van der Waals surface area contributed by atoms with E-state index in [-0.39, 0.29) is 11.4 Å². The molecule has 0 amide bonds. The molecule has 0 aliphatic carbocycles. The summed E-state index contributed by atoms with van der Waals surface area (Å²) in [5.41, 5.74) is 2.62. The third kappa shape index (κ3) is 3.78. The maximum atomic E-state index is 13.2. The van der Waals surface area contributed by atoms with Gasteiger partial charge in [0.1, 0.15) is 11.5 Å². The first kappa shape index (κ1) is 15.6. The first-order valence-corrected chi connectivity index (χ1v) is 6.02. The number of nitro groups is 1. The van der Waals surface area contributed by atoms with Crippen LogP contribution in [0.4, 0.5) is 15.8 Å². The number of halogens is 1. The second kappa shape index (κ2) is 6.65. The average Bonchev–Trinajstić information content (AvgIpc) is 2.37. The predicted octanol–water partition coefficient (Wildman–Crippen LogP) is 4.22. The topological polar surface area (TPSA) is 55.2 Å². The van der Waals surface area contributed by atoms with E-state index in [2.05, 4.69) is 18.5 Å². The van der Waals surface area contributed by atoms with Gasteiger partial charge in [-0.15, -0.1) is 0 Å². The van der Waals surface area contributed by atoms with Crippen LogP contribution in [0, 0.1) is 15.9 Å². The van der Waals surface area contributed by atoms with Crippen LogP contribution in [0.3, 0.4) is 0 Å². The van der Waals surface area contributed by atoms with Gasteiger partial charge in [0.05, 0.1) is 4.92 Å². The van der Waals surface area contributed by atoms with Crippen LogP contribution in [-0.4, -0.2) is 11.5 Å². The van der Waals surface area contributed by atoms with E-state index in [1.807, 2.05) is 13.8 Å². The Balaban J connectivity index is 3.05. The molecule has 0 heterocycles. The monoisotopic (exact) mass is 276 g/mol. The maximum absolute atomic E-state index is 13.2. The largest absolute Gasteiger partial charge is 0.375 e. The number of hydrogen-bond acceptors (Lipinski definition) is 3. The van der Waals surface area contributed by atoms with E-state index in [0.29, 0.717) is 6.54 Å². The Morgan fingerprint density at radius 3 is 2.65 bits per heavy atom. The molecule has 5 heteroatoms. The van der Waals surface area contributed by atoms with Crippen LogP contribution < -0.4 is 5.32 Å². The number of rotatable bonds is 6. The summed E-state index contributed by atoms with van der Waals surface area (Å²) in [4.78, 5) is 10.3. The first-order valence-electron chi connectivity index (χ1n) is 6.02. The molecule has 0 fully saturated rings. The number of nitrogens with one attached hydrogen (secondary N) is 1. The normalized spacial score (nSPS) is 11.6. The molecule has 0 saturated carbocycles. The highest BCUT2D eigenvalue weighted by Gasteiger charge is 2.14. The number of anilines is 1. The Bertz CT molecular complexity index is 592. The standard InChI is InChI=1S/C15H17FN2O2/c1-5-11(4)13(10(2)3)9-17-14-8-12(16)6-7-15(14)18(19)20/h5-8,17H,1-2,9H2,3-4H3/b13-11-. The zero-order chi connectivity index (χ0) is 15.3. The number of nitro benzene ring substituents is 1. The molecule has 1 N–H and O–H groups in total. The molecule has 20 heavy (non-hydrogen) atoms. The summed E-state index contributed by atoms with van der Waals surface area (Å²) in [6.45, 7) is 11.6. The zero-order valence-electron chi connectivity index (χ0n) is 11.6. The Kier molecular flexibility index (Phi) is 5.20. The summed E-state index contributed by atoms with van der Waals surface area (Å²) >= 11 is 0. The highest BCUT2D eigenvalue weighted by atomic mass is 19.1. The van der Waals surface area contributed by atoms with E-state index in [1.54, 1.807) is 6.08 Å². The fourth-order valence-electron chi connectivity index (χ4n) is 1.74. The maximum Gasteiger partial charge on any atom is 0.292 e. The van der Waals surface area contributed by atoms with E-state index in [1.165, 1.54) is 0 Å². The quantitative estimate of drug-likeness (QED) is 0.480.